The molecule has 1 rings (SSSR count). The van der Waals surface area contributed by atoms with Crippen LogP contribution in [-0.4, -0.2) is 33.8 Å². The number of hydrogen-bond donors (Lipinski definition) is 2. The van der Waals surface area contributed by atoms with Gasteiger partial charge < -0.3 is 25.3 Å². The maximum absolute atomic E-state index is 11.8. The highest BCUT2D eigenvalue weighted by Crippen LogP contribution is 2.42. The molecule has 1 atom stereocenters. The van der Waals surface area contributed by atoms with Crippen LogP contribution in [0.1, 0.15) is 6.92 Å². The van der Waals surface area contributed by atoms with Crippen LogP contribution in [0.4, 0.5) is 5.69 Å². The van der Waals surface area contributed by atoms with Crippen molar-refractivity contribution in [2.45, 2.75) is 6.92 Å². The third-order valence-corrected chi connectivity index (χ3v) is 2.76. The van der Waals surface area contributed by atoms with Crippen LogP contribution in [0.3, 0.4) is 0 Å². The Labute approximate surface area is 112 Å². The van der Waals surface area contributed by atoms with E-state index in [1.54, 1.807) is 19.1 Å². The van der Waals surface area contributed by atoms with Gasteiger partial charge in [0, 0.05) is 12.5 Å². The number of carbonyl (C=O) groups excluding carboxylic acids is 1. The van der Waals surface area contributed by atoms with Crippen molar-refractivity contribution in [3.05, 3.63) is 12.1 Å². The summed E-state index contributed by atoms with van der Waals surface area (Å²) in [6, 6.07) is 3.39. The molecule has 0 aliphatic heterocycles. The first-order valence-electron chi connectivity index (χ1n) is 5.88. The molecule has 1 amide bonds. The Balaban J connectivity index is 3.11. The SMILES string of the molecule is COc1ccc(NC(=O)C(C)CN)c(OC)c1OC. The van der Waals surface area contributed by atoms with Gasteiger partial charge in [0.15, 0.2) is 11.5 Å². The highest BCUT2D eigenvalue weighted by atomic mass is 16.5. The van der Waals surface area contributed by atoms with Crippen molar-refractivity contribution in [2.75, 3.05) is 33.2 Å². The molecule has 0 heterocycles. The second kappa shape index (κ2) is 6.84. The molecule has 1 aromatic carbocycles. The Morgan fingerprint density at radius 1 is 1.21 bits per heavy atom. The first kappa shape index (κ1) is 15.1. The van der Waals surface area contributed by atoms with Gasteiger partial charge in [-0.25, -0.2) is 0 Å². The minimum atomic E-state index is -0.280. The summed E-state index contributed by atoms with van der Waals surface area (Å²) in [4.78, 5) is 11.8. The van der Waals surface area contributed by atoms with Crippen LogP contribution in [0.25, 0.3) is 0 Å². The smallest absolute Gasteiger partial charge is 0.228 e. The first-order valence-corrected chi connectivity index (χ1v) is 5.88. The number of nitrogens with two attached hydrogens (primary N) is 1. The van der Waals surface area contributed by atoms with Gasteiger partial charge >= 0.3 is 0 Å². The van der Waals surface area contributed by atoms with Crippen LogP contribution in [0.2, 0.25) is 0 Å². The molecule has 0 spiro atoms. The number of benzene rings is 1. The highest BCUT2D eigenvalue weighted by molar-refractivity contribution is 5.94. The standard InChI is InChI=1S/C13H20N2O4/c1-8(7-14)13(16)15-9-5-6-10(17-2)12(19-4)11(9)18-3/h5-6,8H,7,14H2,1-4H3,(H,15,16). The summed E-state index contributed by atoms with van der Waals surface area (Å²) >= 11 is 0. The van der Waals surface area contributed by atoms with Gasteiger partial charge in [-0.1, -0.05) is 6.92 Å². The molecular weight excluding hydrogens is 248 g/mol. The zero-order valence-corrected chi connectivity index (χ0v) is 11.6. The Morgan fingerprint density at radius 3 is 2.32 bits per heavy atom. The van der Waals surface area contributed by atoms with E-state index in [0.29, 0.717) is 22.9 Å². The quantitative estimate of drug-likeness (QED) is 0.811. The van der Waals surface area contributed by atoms with E-state index in [9.17, 15) is 4.79 Å². The molecular formula is C13H20N2O4. The number of methoxy groups -OCH3 is 3. The summed E-state index contributed by atoms with van der Waals surface area (Å²) in [6.45, 7) is 2.03. The van der Waals surface area contributed by atoms with E-state index in [4.69, 9.17) is 19.9 Å². The number of rotatable bonds is 6. The average molecular weight is 268 g/mol. The number of amides is 1. The van der Waals surface area contributed by atoms with Crippen molar-refractivity contribution in [1.29, 1.82) is 0 Å². The van der Waals surface area contributed by atoms with E-state index in [-0.39, 0.29) is 18.4 Å². The van der Waals surface area contributed by atoms with Gasteiger partial charge in [0.2, 0.25) is 11.7 Å². The zero-order valence-electron chi connectivity index (χ0n) is 11.6. The first-order chi connectivity index (χ1) is 9.08. The summed E-state index contributed by atoms with van der Waals surface area (Å²) in [5, 5.41) is 2.76. The lowest BCUT2D eigenvalue weighted by atomic mass is 10.1. The Hall–Kier alpha value is -1.95. The molecule has 6 heteroatoms. The van der Waals surface area contributed by atoms with Crippen LogP contribution in [0.5, 0.6) is 17.2 Å². The van der Waals surface area contributed by atoms with Gasteiger partial charge in [0.25, 0.3) is 0 Å². The summed E-state index contributed by atoms with van der Waals surface area (Å²) in [6.07, 6.45) is 0. The second-order valence-corrected chi connectivity index (χ2v) is 4.01. The second-order valence-electron chi connectivity index (χ2n) is 4.01. The van der Waals surface area contributed by atoms with Gasteiger partial charge in [-0.3, -0.25) is 4.79 Å². The van der Waals surface area contributed by atoms with Gasteiger partial charge in [-0.05, 0) is 12.1 Å². The average Bonchev–Trinajstić information content (AvgIpc) is 2.45. The summed E-state index contributed by atoms with van der Waals surface area (Å²) in [5.74, 6) is 0.928. The fraction of sp³-hybridized carbons (Fsp3) is 0.462. The van der Waals surface area contributed by atoms with Crippen LogP contribution in [-0.2, 0) is 4.79 Å². The van der Waals surface area contributed by atoms with Crippen molar-refractivity contribution in [1.82, 2.24) is 0 Å². The molecule has 1 aromatic rings. The normalized spacial score (nSPS) is 11.6. The summed E-state index contributed by atoms with van der Waals surface area (Å²) in [5.41, 5.74) is 5.98. The summed E-state index contributed by atoms with van der Waals surface area (Å²) in [7, 11) is 4.54. The Kier molecular flexibility index (Phi) is 5.44. The van der Waals surface area contributed by atoms with Crippen LogP contribution >= 0.6 is 0 Å². The van der Waals surface area contributed by atoms with E-state index in [0.717, 1.165) is 0 Å². The Morgan fingerprint density at radius 2 is 1.84 bits per heavy atom. The van der Waals surface area contributed by atoms with Gasteiger partial charge in [-0.2, -0.15) is 0 Å². The lowest BCUT2D eigenvalue weighted by molar-refractivity contribution is -0.119. The molecule has 0 saturated heterocycles. The highest BCUT2D eigenvalue weighted by Gasteiger charge is 2.19. The molecule has 0 fully saturated rings. The lowest BCUT2D eigenvalue weighted by Crippen LogP contribution is -2.26. The summed E-state index contributed by atoms with van der Waals surface area (Å²) < 4.78 is 15.7. The predicted octanol–water partition coefficient (Wildman–Crippen LogP) is 1.25. The van der Waals surface area contributed by atoms with Crippen LogP contribution in [0, 0.1) is 5.92 Å². The van der Waals surface area contributed by atoms with E-state index in [1.165, 1.54) is 21.3 Å². The van der Waals surface area contributed by atoms with Crippen molar-refractivity contribution in [3.63, 3.8) is 0 Å². The van der Waals surface area contributed by atoms with Crippen molar-refractivity contribution < 1.29 is 19.0 Å². The minimum Gasteiger partial charge on any atom is -0.493 e. The van der Waals surface area contributed by atoms with E-state index < -0.39 is 0 Å². The fourth-order valence-corrected chi connectivity index (χ4v) is 1.56. The van der Waals surface area contributed by atoms with Gasteiger partial charge in [-0.15, -0.1) is 0 Å². The van der Waals surface area contributed by atoms with Crippen molar-refractivity contribution in [2.24, 2.45) is 11.7 Å². The van der Waals surface area contributed by atoms with E-state index in [1.807, 2.05) is 0 Å². The molecule has 0 bridgehead atoms. The molecule has 0 aliphatic rings. The molecule has 0 saturated carbocycles. The fourth-order valence-electron chi connectivity index (χ4n) is 1.56. The molecule has 19 heavy (non-hydrogen) atoms. The van der Waals surface area contributed by atoms with Gasteiger partial charge in [0.1, 0.15) is 0 Å². The molecule has 1 unspecified atom stereocenters. The largest absolute Gasteiger partial charge is 0.493 e. The topological polar surface area (TPSA) is 82.8 Å². The van der Waals surface area contributed by atoms with Crippen molar-refractivity contribution >= 4 is 11.6 Å². The maximum Gasteiger partial charge on any atom is 0.228 e. The Bertz CT molecular complexity index is 449. The van der Waals surface area contributed by atoms with Gasteiger partial charge in [0.05, 0.1) is 27.0 Å². The molecule has 3 N–H and O–H groups in total. The van der Waals surface area contributed by atoms with E-state index >= 15 is 0 Å². The van der Waals surface area contributed by atoms with Crippen LogP contribution in [0.15, 0.2) is 12.1 Å². The predicted molar refractivity (Wildman–Crippen MR) is 72.9 cm³/mol. The maximum atomic E-state index is 11.8. The number of carbonyl (C=O) groups is 1. The van der Waals surface area contributed by atoms with Crippen molar-refractivity contribution in [3.8, 4) is 17.2 Å². The number of hydrogen-bond acceptors (Lipinski definition) is 5. The number of ether oxygens (including phenoxy) is 3. The molecule has 106 valence electrons. The monoisotopic (exact) mass is 268 g/mol. The molecule has 0 radical (unpaired) electrons. The third kappa shape index (κ3) is 3.29. The number of nitrogens with one attached hydrogen (secondary N) is 1. The number of anilines is 1. The zero-order chi connectivity index (χ0) is 14.4. The molecule has 0 aliphatic carbocycles. The molecule has 0 aromatic heterocycles. The van der Waals surface area contributed by atoms with E-state index in [2.05, 4.69) is 5.32 Å². The minimum absolute atomic E-state index is 0.173. The lowest BCUT2D eigenvalue weighted by Gasteiger charge is -2.17. The van der Waals surface area contributed by atoms with Crippen LogP contribution < -0.4 is 25.3 Å². The third-order valence-electron chi connectivity index (χ3n) is 2.76. The molecule has 6 nitrogen and oxygen atoms in total.